The zero-order valence-electron chi connectivity index (χ0n) is 7.47. The monoisotopic (exact) mass is 158 g/mol. The number of hydrogen-bond acceptors (Lipinski definition) is 2. The van der Waals surface area contributed by atoms with Crippen LogP contribution in [0.15, 0.2) is 0 Å². The van der Waals surface area contributed by atoms with Crippen LogP contribution in [-0.4, -0.2) is 17.0 Å². The summed E-state index contributed by atoms with van der Waals surface area (Å²) in [5, 5.41) is 9.08. The van der Waals surface area contributed by atoms with Crippen molar-refractivity contribution in [3.8, 4) is 0 Å². The Morgan fingerprint density at radius 1 is 1.36 bits per heavy atom. The molecule has 11 heavy (non-hydrogen) atoms. The molecule has 2 nitrogen and oxygen atoms in total. The number of hydrogen-bond donors (Lipinski definition) is 1. The normalized spacial score (nSPS) is 13.0. The first-order chi connectivity index (χ1) is 5.22. The Morgan fingerprint density at radius 2 is 2.00 bits per heavy atom. The molecule has 0 unspecified atom stereocenters. The van der Waals surface area contributed by atoms with Gasteiger partial charge in [0.2, 0.25) is 0 Å². The van der Waals surface area contributed by atoms with Crippen molar-refractivity contribution in [2.24, 2.45) is 0 Å². The van der Waals surface area contributed by atoms with Gasteiger partial charge in [0, 0.05) is 6.42 Å². The van der Waals surface area contributed by atoms with Crippen molar-refractivity contribution in [2.75, 3.05) is 0 Å². The fourth-order valence-corrected chi connectivity index (χ4v) is 0.944. The molecule has 0 saturated carbocycles. The average Bonchev–Trinajstić information content (AvgIpc) is 2.03. The van der Waals surface area contributed by atoms with E-state index in [4.69, 9.17) is 5.11 Å². The van der Waals surface area contributed by atoms with Crippen molar-refractivity contribution in [3.63, 3.8) is 0 Å². The van der Waals surface area contributed by atoms with E-state index >= 15 is 0 Å². The van der Waals surface area contributed by atoms with E-state index in [1.807, 2.05) is 6.92 Å². The van der Waals surface area contributed by atoms with Gasteiger partial charge in [-0.2, -0.15) is 0 Å². The number of aliphatic hydroxyl groups is 1. The lowest BCUT2D eigenvalue weighted by Gasteiger charge is -2.04. The lowest BCUT2D eigenvalue weighted by Crippen LogP contribution is -2.18. The van der Waals surface area contributed by atoms with Gasteiger partial charge in [-0.25, -0.2) is 0 Å². The summed E-state index contributed by atoms with van der Waals surface area (Å²) in [5.41, 5.74) is 0. The number of carbonyl (C=O) groups excluding carboxylic acids is 1. The Morgan fingerprint density at radius 3 is 2.45 bits per heavy atom. The van der Waals surface area contributed by atoms with Crippen LogP contribution >= 0.6 is 0 Å². The van der Waals surface area contributed by atoms with E-state index in [1.165, 1.54) is 0 Å². The lowest BCUT2D eigenvalue weighted by atomic mass is 10.1. The number of carbonyl (C=O) groups is 1. The highest BCUT2D eigenvalue weighted by atomic mass is 16.3. The third-order valence-corrected chi connectivity index (χ3v) is 1.79. The molecule has 0 saturated heterocycles. The molecule has 0 heterocycles. The summed E-state index contributed by atoms with van der Waals surface area (Å²) in [7, 11) is 0. The van der Waals surface area contributed by atoms with E-state index in [0.717, 1.165) is 19.3 Å². The fourth-order valence-electron chi connectivity index (χ4n) is 0.944. The Bertz CT molecular complexity index is 110. The molecule has 0 aliphatic carbocycles. The second-order valence-electron chi connectivity index (χ2n) is 2.85. The first kappa shape index (κ1) is 10.6. The quantitative estimate of drug-likeness (QED) is 0.599. The highest BCUT2D eigenvalue weighted by Gasteiger charge is 2.10. The predicted molar refractivity (Wildman–Crippen MR) is 45.4 cm³/mol. The van der Waals surface area contributed by atoms with Crippen LogP contribution in [0.3, 0.4) is 0 Å². The zero-order chi connectivity index (χ0) is 8.69. The largest absolute Gasteiger partial charge is 0.385 e. The molecule has 0 aromatic heterocycles. The molecule has 0 aliphatic rings. The third-order valence-electron chi connectivity index (χ3n) is 1.79. The van der Waals surface area contributed by atoms with Crippen molar-refractivity contribution in [3.05, 3.63) is 0 Å². The van der Waals surface area contributed by atoms with Crippen molar-refractivity contribution in [1.82, 2.24) is 0 Å². The second kappa shape index (κ2) is 6.35. The molecule has 1 atom stereocenters. The molecule has 0 radical (unpaired) electrons. The average molecular weight is 158 g/mol. The Hall–Kier alpha value is -0.370. The Kier molecular flexibility index (Phi) is 6.13. The van der Waals surface area contributed by atoms with Crippen LogP contribution < -0.4 is 0 Å². The van der Waals surface area contributed by atoms with Crippen LogP contribution in [0, 0.1) is 0 Å². The van der Waals surface area contributed by atoms with Gasteiger partial charge >= 0.3 is 0 Å². The molecule has 0 aliphatic heterocycles. The van der Waals surface area contributed by atoms with Crippen LogP contribution in [0.5, 0.6) is 0 Å². The van der Waals surface area contributed by atoms with E-state index in [9.17, 15) is 4.79 Å². The summed E-state index contributed by atoms with van der Waals surface area (Å²) in [4.78, 5) is 11.0. The SMILES string of the molecule is CCCCCC(=O)[C@@H](O)CC. The van der Waals surface area contributed by atoms with E-state index < -0.39 is 6.10 Å². The maximum absolute atomic E-state index is 11.0. The minimum Gasteiger partial charge on any atom is -0.385 e. The number of aliphatic hydroxyl groups excluding tert-OH is 1. The van der Waals surface area contributed by atoms with Gasteiger partial charge in [0.15, 0.2) is 5.78 Å². The van der Waals surface area contributed by atoms with E-state index in [0.29, 0.717) is 12.8 Å². The zero-order valence-corrected chi connectivity index (χ0v) is 7.47. The van der Waals surface area contributed by atoms with Crippen molar-refractivity contribution in [1.29, 1.82) is 0 Å². The van der Waals surface area contributed by atoms with Gasteiger partial charge in [-0.15, -0.1) is 0 Å². The Labute approximate surface area is 68.6 Å². The standard InChI is InChI=1S/C9H18O2/c1-3-5-6-7-9(11)8(10)4-2/h8,10H,3-7H2,1-2H3/t8-/m0/s1. The molecule has 0 aromatic rings. The smallest absolute Gasteiger partial charge is 0.161 e. The van der Waals surface area contributed by atoms with Gasteiger partial charge in [-0.1, -0.05) is 26.7 Å². The molecular formula is C9H18O2. The molecule has 0 spiro atoms. The molecule has 0 aromatic carbocycles. The van der Waals surface area contributed by atoms with Gasteiger partial charge in [-0.05, 0) is 12.8 Å². The van der Waals surface area contributed by atoms with E-state index in [2.05, 4.69) is 6.92 Å². The van der Waals surface area contributed by atoms with Gasteiger partial charge in [0.05, 0.1) is 0 Å². The topological polar surface area (TPSA) is 37.3 Å². The highest BCUT2D eigenvalue weighted by Crippen LogP contribution is 2.03. The minimum absolute atomic E-state index is 0.000880. The van der Waals surface area contributed by atoms with Gasteiger partial charge in [0.1, 0.15) is 6.10 Å². The summed E-state index contributed by atoms with van der Waals surface area (Å²) >= 11 is 0. The van der Waals surface area contributed by atoms with Crippen LogP contribution in [0.4, 0.5) is 0 Å². The number of rotatable bonds is 6. The highest BCUT2D eigenvalue weighted by molar-refractivity contribution is 5.82. The lowest BCUT2D eigenvalue weighted by molar-refractivity contribution is -0.127. The molecule has 2 heteroatoms. The third kappa shape index (κ3) is 4.96. The summed E-state index contributed by atoms with van der Waals surface area (Å²) in [6.07, 6.45) is 3.50. The van der Waals surface area contributed by atoms with E-state index in [1.54, 1.807) is 0 Å². The van der Waals surface area contributed by atoms with Crippen LogP contribution in [0.1, 0.15) is 46.0 Å². The van der Waals surface area contributed by atoms with Crippen molar-refractivity contribution >= 4 is 5.78 Å². The van der Waals surface area contributed by atoms with E-state index in [-0.39, 0.29) is 5.78 Å². The summed E-state index contributed by atoms with van der Waals surface area (Å²) in [5.74, 6) is 0.000880. The fraction of sp³-hybridized carbons (Fsp3) is 0.889. The maximum atomic E-state index is 11.0. The first-order valence-electron chi connectivity index (χ1n) is 4.43. The molecular weight excluding hydrogens is 140 g/mol. The van der Waals surface area contributed by atoms with Gasteiger partial charge in [0.25, 0.3) is 0 Å². The van der Waals surface area contributed by atoms with Crippen LogP contribution in [-0.2, 0) is 4.79 Å². The summed E-state index contributed by atoms with van der Waals surface area (Å²) in [6, 6.07) is 0. The van der Waals surface area contributed by atoms with Gasteiger partial charge in [-0.3, -0.25) is 4.79 Å². The maximum Gasteiger partial charge on any atom is 0.161 e. The van der Waals surface area contributed by atoms with Crippen LogP contribution in [0.2, 0.25) is 0 Å². The molecule has 66 valence electrons. The Balaban J connectivity index is 3.36. The minimum atomic E-state index is -0.716. The number of unbranched alkanes of at least 4 members (excludes halogenated alkanes) is 2. The number of Topliss-reactive ketones (excluding diaryl/α,β-unsaturated/α-hetero) is 1. The molecule has 1 N–H and O–H groups in total. The first-order valence-corrected chi connectivity index (χ1v) is 4.43. The molecule has 0 rings (SSSR count). The molecule has 0 bridgehead atoms. The number of ketones is 1. The molecule has 0 amide bonds. The van der Waals surface area contributed by atoms with Crippen molar-refractivity contribution < 1.29 is 9.90 Å². The van der Waals surface area contributed by atoms with Crippen LogP contribution in [0.25, 0.3) is 0 Å². The predicted octanol–water partition coefficient (Wildman–Crippen LogP) is 1.91. The summed E-state index contributed by atoms with van der Waals surface area (Å²) < 4.78 is 0. The second-order valence-corrected chi connectivity index (χ2v) is 2.85. The molecule has 0 fully saturated rings. The summed E-state index contributed by atoms with van der Waals surface area (Å²) in [6.45, 7) is 3.92. The van der Waals surface area contributed by atoms with Gasteiger partial charge < -0.3 is 5.11 Å². The van der Waals surface area contributed by atoms with Crippen molar-refractivity contribution in [2.45, 2.75) is 52.1 Å².